The predicted octanol–water partition coefficient (Wildman–Crippen LogP) is 1.69. The normalized spacial score (nSPS) is 9.42. The molecule has 0 atom stereocenters. The van der Waals surface area contributed by atoms with Crippen molar-refractivity contribution in [3.63, 3.8) is 0 Å². The van der Waals surface area contributed by atoms with Gasteiger partial charge in [-0.15, -0.1) is 24.8 Å². The summed E-state index contributed by atoms with van der Waals surface area (Å²) in [7, 11) is 4.07. The van der Waals surface area contributed by atoms with E-state index in [9.17, 15) is 0 Å². The van der Waals surface area contributed by atoms with Crippen LogP contribution in [0.3, 0.4) is 0 Å². The smallest absolute Gasteiger partial charge is 0.0698 e. The highest BCUT2D eigenvalue weighted by molar-refractivity contribution is 5.85. The lowest BCUT2D eigenvalue weighted by molar-refractivity contribution is 0.0938. The highest BCUT2D eigenvalue weighted by atomic mass is 35.5. The number of aliphatic hydroxyl groups is 1. The number of ether oxygens (including phenoxy) is 1. The summed E-state index contributed by atoms with van der Waals surface area (Å²) in [5.74, 6) is 0. The van der Waals surface area contributed by atoms with Crippen LogP contribution in [0, 0.1) is 0 Å². The minimum absolute atomic E-state index is 0. The Morgan fingerprint density at radius 3 is 2.26 bits per heavy atom. The van der Waals surface area contributed by atoms with Gasteiger partial charge in [0.1, 0.15) is 0 Å². The molecule has 0 spiro atoms. The first-order chi connectivity index (χ1) is 8.24. The van der Waals surface area contributed by atoms with Gasteiger partial charge in [-0.1, -0.05) is 12.1 Å². The Balaban J connectivity index is 0. The Hall–Kier alpha value is -0.520. The molecule has 0 heterocycles. The summed E-state index contributed by atoms with van der Waals surface area (Å²) in [6.45, 7) is 2.78. The number of hydrogen-bond acceptors (Lipinski definition) is 4. The van der Waals surface area contributed by atoms with Crippen molar-refractivity contribution in [3.05, 3.63) is 29.8 Å². The van der Waals surface area contributed by atoms with Gasteiger partial charge in [0.05, 0.1) is 19.8 Å². The van der Waals surface area contributed by atoms with E-state index < -0.39 is 0 Å². The maximum absolute atomic E-state index is 8.52. The summed E-state index contributed by atoms with van der Waals surface area (Å²) in [4.78, 5) is 2.08. The van der Waals surface area contributed by atoms with E-state index in [-0.39, 0.29) is 31.4 Å². The number of benzene rings is 1. The SMILES string of the molecule is CN(C)c1ccc(CNCCOCCO)cc1.Cl.Cl. The fourth-order valence-corrected chi connectivity index (χ4v) is 1.46. The Kier molecular flexibility index (Phi) is 13.7. The van der Waals surface area contributed by atoms with Gasteiger partial charge in [-0.3, -0.25) is 0 Å². The first kappa shape index (κ1) is 20.8. The van der Waals surface area contributed by atoms with E-state index in [1.54, 1.807) is 0 Å². The molecule has 0 aromatic heterocycles. The fourth-order valence-electron chi connectivity index (χ4n) is 1.46. The molecule has 0 bridgehead atoms. The highest BCUT2D eigenvalue weighted by Gasteiger charge is 1.96. The number of anilines is 1. The lowest BCUT2D eigenvalue weighted by Gasteiger charge is -2.12. The van der Waals surface area contributed by atoms with Crippen LogP contribution in [0.4, 0.5) is 5.69 Å². The molecule has 4 nitrogen and oxygen atoms in total. The molecule has 1 aromatic carbocycles. The van der Waals surface area contributed by atoms with Crippen LogP contribution in [-0.2, 0) is 11.3 Å². The molecule has 1 aromatic rings. The fraction of sp³-hybridized carbons (Fsp3) is 0.538. The van der Waals surface area contributed by atoms with E-state index >= 15 is 0 Å². The molecule has 0 radical (unpaired) electrons. The lowest BCUT2D eigenvalue weighted by Crippen LogP contribution is -2.20. The van der Waals surface area contributed by atoms with E-state index in [0.717, 1.165) is 13.1 Å². The number of aliphatic hydroxyl groups excluding tert-OH is 1. The van der Waals surface area contributed by atoms with Crippen LogP contribution < -0.4 is 10.2 Å². The second-order valence-electron chi connectivity index (χ2n) is 4.07. The van der Waals surface area contributed by atoms with Gasteiger partial charge in [0.15, 0.2) is 0 Å². The summed E-state index contributed by atoms with van der Waals surface area (Å²) < 4.78 is 5.15. The highest BCUT2D eigenvalue weighted by Crippen LogP contribution is 2.11. The molecule has 1 rings (SSSR count). The first-order valence-corrected chi connectivity index (χ1v) is 5.89. The van der Waals surface area contributed by atoms with Crippen LogP contribution in [0.2, 0.25) is 0 Å². The zero-order valence-corrected chi connectivity index (χ0v) is 13.1. The molecular weight excluding hydrogens is 287 g/mol. The minimum Gasteiger partial charge on any atom is -0.394 e. The molecule has 0 saturated heterocycles. The van der Waals surface area contributed by atoms with Crippen molar-refractivity contribution in [2.75, 3.05) is 45.4 Å². The van der Waals surface area contributed by atoms with Crippen LogP contribution in [0.15, 0.2) is 24.3 Å². The molecule has 0 aliphatic carbocycles. The van der Waals surface area contributed by atoms with Gasteiger partial charge < -0.3 is 20.1 Å². The molecule has 19 heavy (non-hydrogen) atoms. The third-order valence-electron chi connectivity index (χ3n) is 2.44. The molecule has 0 saturated carbocycles. The summed E-state index contributed by atoms with van der Waals surface area (Å²) in [5.41, 5.74) is 2.47. The standard InChI is InChI=1S/C13H22N2O2.2ClH/c1-15(2)13-5-3-12(4-6-13)11-14-7-9-17-10-8-16;;/h3-6,14,16H,7-11H2,1-2H3;2*1H. The molecule has 0 aliphatic rings. The number of halogens is 2. The van der Waals surface area contributed by atoms with Crippen molar-refractivity contribution in [1.82, 2.24) is 5.32 Å². The van der Waals surface area contributed by atoms with Gasteiger partial charge in [0.25, 0.3) is 0 Å². The third kappa shape index (κ3) is 9.08. The van der Waals surface area contributed by atoms with Gasteiger partial charge in [0.2, 0.25) is 0 Å². The minimum atomic E-state index is 0. The van der Waals surface area contributed by atoms with Crippen LogP contribution in [0.5, 0.6) is 0 Å². The topological polar surface area (TPSA) is 44.7 Å². The average molecular weight is 311 g/mol. The van der Waals surface area contributed by atoms with Crippen molar-refractivity contribution < 1.29 is 9.84 Å². The number of hydrogen-bond donors (Lipinski definition) is 2. The first-order valence-electron chi connectivity index (χ1n) is 5.89. The van der Waals surface area contributed by atoms with E-state index in [2.05, 4.69) is 34.5 Å². The Bertz CT molecular complexity index is 308. The molecule has 2 N–H and O–H groups in total. The average Bonchev–Trinajstić information content (AvgIpc) is 2.34. The second kappa shape index (κ2) is 12.5. The zero-order valence-electron chi connectivity index (χ0n) is 11.5. The van der Waals surface area contributed by atoms with Crippen LogP contribution in [0.25, 0.3) is 0 Å². The third-order valence-corrected chi connectivity index (χ3v) is 2.44. The van der Waals surface area contributed by atoms with E-state index in [4.69, 9.17) is 9.84 Å². The number of rotatable bonds is 8. The van der Waals surface area contributed by atoms with Crippen LogP contribution in [-0.4, -0.2) is 45.6 Å². The van der Waals surface area contributed by atoms with Crippen molar-refractivity contribution in [2.24, 2.45) is 0 Å². The summed E-state index contributed by atoms with van der Waals surface area (Å²) in [5, 5.41) is 11.8. The van der Waals surface area contributed by atoms with Gasteiger partial charge in [-0.05, 0) is 17.7 Å². The Labute approximate surface area is 128 Å². The largest absolute Gasteiger partial charge is 0.394 e. The monoisotopic (exact) mass is 310 g/mol. The molecular formula is C13H24Cl2N2O2. The molecule has 0 unspecified atom stereocenters. The molecule has 0 amide bonds. The zero-order chi connectivity index (χ0) is 12.5. The maximum atomic E-state index is 8.52. The van der Waals surface area contributed by atoms with Gasteiger partial charge >= 0.3 is 0 Å². The van der Waals surface area contributed by atoms with E-state index in [1.807, 2.05) is 14.1 Å². The van der Waals surface area contributed by atoms with Crippen molar-refractivity contribution in [2.45, 2.75) is 6.54 Å². The Morgan fingerprint density at radius 1 is 1.11 bits per heavy atom. The summed E-state index contributed by atoms with van der Waals surface area (Å²) in [6, 6.07) is 8.46. The summed E-state index contributed by atoms with van der Waals surface area (Å²) >= 11 is 0. The van der Waals surface area contributed by atoms with Gasteiger partial charge in [-0.2, -0.15) is 0 Å². The van der Waals surface area contributed by atoms with Crippen LogP contribution in [0.1, 0.15) is 5.56 Å². The molecule has 112 valence electrons. The number of nitrogens with zero attached hydrogens (tertiary/aromatic N) is 1. The number of nitrogens with one attached hydrogen (secondary N) is 1. The van der Waals surface area contributed by atoms with E-state index in [0.29, 0.717) is 13.2 Å². The Morgan fingerprint density at radius 2 is 1.74 bits per heavy atom. The van der Waals surface area contributed by atoms with Gasteiger partial charge in [-0.25, -0.2) is 0 Å². The maximum Gasteiger partial charge on any atom is 0.0698 e. The summed E-state index contributed by atoms with van der Waals surface area (Å²) in [6.07, 6.45) is 0. The predicted molar refractivity (Wildman–Crippen MR) is 84.9 cm³/mol. The molecule has 0 fully saturated rings. The molecule has 6 heteroatoms. The quantitative estimate of drug-likeness (QED) is 0.717. The van der Waals surface area contributed by atoms with Crippen molar-refractivity contribution >= 4 is 30.5 Å². The van der Waals surface area contributed by atoms with Gasteiger partial charge in [0, 0.05) is 32.9 Å². The van der Waals surface area contributed by atoms with Crippen molar-refractivity contribution in [1.29, 1.82) is 0 Å². The van der Waals surface area contributed by atoms with Crippen molar-refractivity contribution in [3.8, 4) is 0 Å². The molecule has 0 aliphatic heterocycles. The van der Waals surface area contributed by atoms with Crippen LogP contribution >= 0.6 is 24.8 Å². The lowest BCUT2D eigenvalue weighted by atomic mass is 10.2. The second-order valence-corrected chi connectivity index (χ2v) is 4.07. The van der Waals surface area contributed by atoms with E-state index in [1.165, 1.54) is 11.3 Å².